The van der Waals surface area contributed by atoms with Gasteiger partial charge in [0.2, 0.25) is 0 Å². The number of rotatable bonds is 0. The molecule has 180 valence electrons. The monoisotopic (exact) mass is 438 g/mol. The summed E-state index contributed by atoms with van der Waals surface area (Å²) < 4.78 is 0. The Bertz CT molecular complexity index is 851. The fourth-order valence-electron chi connectivity index (χ4n) is 10.9. The molecule has 4 saturated carbocycles. The van der Waals surface area contributed by atoms with Crippen molar-refractivity contribution >= 4 is 5.78 Å². The summed E-state index contributed by atoms with van der Waals surface area (Å²) in [6.07, 6.45) is 12.7. The van der Waals surface area contributed by atoms with E-state index in [1.165, 1.54) is 51.4 Å². The van der Waals surface area contributed by atoms with Gasteiger partial charge in [-0.25, -0.2) is 0 Å². The topological polar surface area (TPSA) is 17.1 Å². The minimum atomic E-state index is 0.109. The van der Waals surface area contributed by atoms with E-state index < -0.39 is 0 Å². The van der Waals surface area contributed by atoms with E-state index >= 15 is 0 Å². The van der Waals surface area contributed by atoms with Gasteiger partial charge in [-0.1, -0.05) is 67.9 Å². The molecule has 5 rings (SSSR count). The van der Waals surface area contributed by atoms with Gasteiger partial charge in [-0.3, -0.25) is 4.79 Å². The predicted octanol–water partition coefficient (Wildman–Crippen LogP) is 8.48. The van der Waals surface area contributed by atoms with Crippen LogP contribution in [0.15, 0.2) is 11.6 Å². The van der Waals surface area contributed by atoms with Crippen molar-refractivity contribution in [3.8, 4) is 0 Å². The van der Waals surface area contributed by atoms with Gasteiger partial charge in [0.25, 0.3) is 0 Å². The van der Waals surface area contributed by atoms with E-state index in [0.29, 0.717) is 34.4 Å². The van der Waals surface area contributed by atoms with Gasteiger partial charge < -0.3 is 0 Å². The molecule has 1 heteroatoms. The number of carbonyl (C=O) groups excluding carboxylic acids is 1. The highest BCUT2D eigenvalue weighted by atomic mass is 16.1. The Morgan fingerprint density at radius 2 is 1.50 bits per heavy atom. The third-order valence-corrected chi connectivity index (χ3v) is 13.7. The second-order valence-electron chi connectivity index (χ2n) is 15.0. The molecule has 0 N–H and O–H groups in total. The molecule has 0 aromatic heterocycles. The summed E-state index contributed by atoms with van der Waals surface area (Å²) in [4.78, 5) is 14.3. The van der Waals surface area contributed by atoms with Crippen LogP contribution < -0.4 is 0 Å². The van der Waals surface area contributed by atoms with Crippen molar-refractivity contribution in [1.29, 1.82) is 0 Å². The average molecular weight is 439 g/mol. The maximum absolute atomic E-state index is 14.3. The van der Waals surface area contributed by atoms with E-state index in [1.807, 2.05) is 0 Å². The molecular formula is C31H50O. The van der Waals surface area contributed by atoms with Crippen molar-refractivity contribution in [2.24, 2.45) is 62.6 Å². The molecule has 0 amide bonds. The molecule has 10 atom stereocenters. The van der Waals surface area contributed by atoms with Crippen LogP contribution in [-0.2, 0) is 4.79 Å². The molecule has 0 aliphatic heterocycles. The fourth-order valence-corrected chi connectivity index (χ4v) is 10.9. The molecule has 4 fully saturated rings. The third-order valence-electron chi connectivity index (χ3n) is 13.7. The first-order chi connectivity index (χ1) is 14.7. The summed E-state index contributed by atoms with van der Waals surface area (Å²) >= 11 is 0. The number of ketones is 1. The predicted molar refractivity (Wildman–Crippen MR) is 134 cm³/mol. The lowest BCUT2D eigenvalue weighted by Gasteiger charge is -2.71. The first-order valence-corrected chi connectivity index (χ1v) is 14.0. The summed E-state index contributed by atoms with van der Waals surface area (Å²) in [6, 6.07) is 0. The van der Waals surface area contributed by atoms with Gasteiger partial charge in [0.1, 0.15) is 0 Å². The van der Waals surface area contributed by atoms with Crippen molar-refractivity contribution in [2.75, 3.05) is 0 Å². The molecule has 0 spiro atoms. The van der Waals surface area contributed by atoms with Gasteiger partial charge in [0, 0.05) is 5.92 Å². The molecule has 0 radical (unpaired) electrons. The van der Waals surface area contributed by atoms with E-state index in [2.05, 4.69) is 68.4 Å². The smallest absolute Gasteiger partial charge is 0.159 e. The van der Waals surface area contributed by atoms with Crippen LogP contribution in [0.2, 0.25) is 0 Å². The van der Waals surface area contributed by atoms with E-state index in [1.54, 1.807) is 5.57 Å². The zero-order valence-electron chi connectivity index (χ0n) is 22.6. The second kappa shape index (κ2) is 6.75. The zero-order chi connectivity index (χ0) is 23.5. The van der Waals surface area contributed by atoms with Gasteiger partial charge in [0.15, 0.2) is 5.78 Å². The van der Waals surface area contributed by atoms with Gasteiger partial charge in [-0.05, 0) is 114 Å². The molecule has 3 unspecified atom stereocenters. The van der Waals surface area contributed by atoms with Crippen LogP contribution in [0.4, 0.5) is 0 Å². The first-order valence-electron chi connectivity index (χ1n) is 14.0. The van der Waals surface area contributed by atoms with Gasteiger partial charge in [-0.15, -0.1) is 0 Å². The maximum Gasteiger partial charge on any atom is 0.159 e. The molecule has 0 aromatic rings. The van der Waals surface area contributed by atoms with E-state index in [4.69, 9.17) is 0 Å². The zero-order valence-corrected chi connectivity index (χ0v) is 22.6. The standard InChI is InChI=1S/C31H50O/c1-19-10-13-28(6)16-17-30(8)22(25(28)21(19)3)18-23(32)26-29(7)14-11-20(2)27(4,5)24(29)12-15-31(26,30)9/h18-21,24-26H,10-17H2,1-9H3/t19-,20-,21+,24?,25?,26?,28-,29+,30-,31-/m1/s1. The van der Waals surface area contributed by atoms with Crippen molar-refractivity contribution in [1.82, 2.24) is 0 Å². The number of hydrogen-bond acceptors (Lipinski definition) is 1. The lowest BCUT2D eigenvalue weighted by atomic mass is 9.33. The highest BCUT2D eigenvalue weighted by Gasteiger charge is 2.69. The molecule has 5 aliphatic rings. The van der Waals surface area contributed by atoms with Crippen LogP contribution in [0.1, 0.15) is 114 Å². The molecular weight excluding hydrogens is 388 g/mol. The molecule has 5 aliphatic carbocycles. The van der Waals surface area contributed by atoms with Gasteiger partial charge in [-0.2, -0.15) is 0 Å². The quantitative estimate of drug-likeness (QED) is 0.370. The van der Waals surface area contributed by atoms with Crippen LogP contribution in [0.5, 0.6) is 0 Å². The minimum Gasteiger partial charge on any atom is -0.295 e. The Hall–Kier alpha value is -0.590. The lowest BCUT2D eigenvalue weighted by Crippen LogP contribution is -2.66. The van der Waals surface area contributed by atoms with Crippen molar-refractivity contribution in [3.63, 3.8) is 0 Å². The van der Waals surface area contributed by atoms with E-state index in [-0.39, 0.29) is 22.2 Å². The van der Waals surface area contributed by atoms with Gasteiger partial charge in [0.05, 0.1) is 0 Å². The van der Waals surface area contributed by atoms with E-state index in [9.17, 15) is 4.79 Å². The molecule has 32 heavy (non-hydrogen) atoms. The Labute approximate surface area is 198 Å². The Balaban J connectivity index is 1.64. The average Bonchev–Trinajstić information content (AvgIpc) is 2.70. The molecule has 0 saturated heterocycles. The first kappa shape index (κ1) is 23.2. The maximum atomic E-state index is 14.3. The number of carbonyl (C=O) groups is 1. The Kier molecular flexibility index (Phi) is 4.89. The summed E-state index contributed by atoms with van der Waals surface area (Å²) in [6.45, 7) is 22.7. The SMILES string of the molecule is C[C@@H]1CC[C@]2(C)CC[C@]3(C)C(=CC(=O)C4[C@@]5(C)CC[C@@H](C)C(C)(C)C5CC[C@]43C)C2[C@H]1C. The Morgan fingerprint density at radius 3 is 2.19 bits per heavy atom. The number of allylic oxidation sites excluding steroid dienone is 2. The fraction of sp³-hybridized carbons (Fsp3) is 0.903. The van der Waals surface area contributed by atoms with Crippen molar-refractivity contribution in [3.05, 3.63) is 11.6 Å². The van der Waals surface area contributed by atoms with Crippen molar-refractivity contribution in [2.45, 2.75) is 114 Å². The second-order valence-corrected chi connectivity index (χ2v) is 15.0. The minimum absolute atomic E-state index is 0.109. The Morgan fingerprint density at radius 1 is 0.812 bits per heavy atom. The highest BCUT2D eigenvalue weighted by Crippen LogP contribution is 2.75. The summed E-state index contributed by atoms with van der Waals surface area (Å²) in [5.41, 5.74) is 2.75. The highest BCUT2D eigenvalue weighted by molar-refractivity contribution is 5.95. The molecule has 0 aromatic carbocycles. The van der Waals surface area contributed by atoms with E-state index in [0.717, 1.165) is 11.8 Å². The van der Waals surface area contributed by atoms with Crippen LogP contribution in [0.25, 0.3) is 0 Å². The van der Waals surface area contributed by atoms with Crippen LogP contribution in [0, 0.1) is 62.6 Å². The molecule has 0 bridgehead atoms. The third kappa shape index (κ3) is 2.61. The van der Waals surface area contributed by atoms with Crippen LogP contribution in [0.3, 0.4) is 0 Å². The number of hydrogen-bond donors (Lipinski definition) is 0. The summed E-state index contributed by atoms with van der Waals surface area (Å²) in [7, 11) is 0. The largest absolute Gasteiger partial charge is 0.295 e. The summed E-state index contributed by atoms with van der Waals surface area (Å²) in [5, 5.41) is 0. The van der Waals surface area contributed by atoms with Crippen molar-refractivity contribution < 1.29 is 4.79 Å². The van der Waals surface area contributed by atoms with Crippen LogP contribution in [-0.4, -0.2) is 5.78 Å². The normalized spacial score (nSPS) is 56.9. The van der Waals surface area contributed by atoms with Gasteiger partial charge >= 0.3 is 0 Å². The lowest BCUT2D eigenvalue weighted by molar-refractivity contribution is -0.192. The molecule has 1 nitrogen and oxygen atoms in total. The van der Waals surface area contributed by atoms with Crippen LogP contribution >= 0.6 is 0 Å². The number of fused-ring (bicyclic) bond motifs is 7. The summed E-state index contributed by atoms with van der Waals surface area (Å²) in [5.74, 6) is 4.19. The molecule has 0 heterocycles.